The first-order valence-corrected chi connectivity index (χ1v) is 8.66. The number of benzene rings is 1. The van der Waals surface area contributed by atoms with Gasteiger partial charge in [0.2, 0.25) is 5.95 Å². The van der Waals surface area contributed by atoms with Crippen molar-refractivity contribution in [3.63, 3.8) is 0 Å². The molecule has 0 saturated heterocycles. The van der Waals surface area contributed by atoms with E-state index in [0.29, 0.717) is 29.4 Å². The Morgan fingerprint density at radius 3 is 2.74 bits per heavy atom. The summed E-state index contributed by atoms with van der Waals surface area (Å²) in [5.74, 6) is 0.914. The molecule has 0 aliphatic carbocycles. The fourth-order valence-corrected chi connectivity index (χ4v) is 2.51. The van der Waals surface area contributed by atoms with Gasteiger partial charge in [0.05, 0.1) is 5.69 Å². The van der Waals surface area contributed by atoms with Gasteiger partial charge in [0.15, 0.2) is 6.10 Å². The number of carbonyl (C=O) groups excluding carboxylic acids is 1. The summed E-state index contributed by atoms with van der Waals surface area (Å²) in [5, 5.41) is 7.10. The quantitative estimate of drug-likeness (QED) is 0.696. The third-order valence-corrected chi connectivity index (χ3v) is 3.85. The molecule has 1 aromatic carbocycles. The van der Waals surface area contributed by atoms with Crippen molar-refractivity contribution >= 4 is 11.7 Å². The molecule has 140 valence electrons. The van der Waals surface area contributed by atoms with Crippen molar-refractivity contribution in [2.24, 2.45) is 0 Å². The molecule has 0 spiro atoms. The molecule has 1 atom stereocenters. The van der Waals surface area contributed by atoms with Gasteiger partial charge in [0, 0.05) is 17.8 Å². The average molecular weight is 367 g/mol. The number of aromatic amines is 1. The molecule has 2 N–H and O–H groups in total. The van der Waals surface area contributed by atoms with Gasteiger partial charge in [-0.3, -0.25) is 14.6 Å². The summed E-state index contributed by atoms with van der Waals surface area (Å²) in [6, 6.07) is 12.2. The fraction of sp³-hybridized carbons (Fsp3) is 0.263. The van der Waals surface area contributed by atoms with Crippen LogP contribution in [0.5, 0.6) is 5.75 Å². The number of amides is 1. The van der Waals surface area contributed by atoms with E-state index in [9.17, 15) is 9.59 Å². The Hall–Kier alpha value is -3.42. The smallest absolute Gasteiger partial charge is 0.266 e. The van der Waals surface area contributed by atoms with Gasteiger partial charge >= 0.3 is 0 Å². The Bertz CT molecular complexity index is 994. The van der Waals surface area contributed by atoms with Gasteiger partial charge in [-0.25, -0.2) is 4.98 Å². The van der Waals surface area contributed by atoms with Crippen molar-refractivity contribution in [2.45, 2.75) is 33.3 Å². The predicted octanol–water partition coefficient (Wildman–Crippen LogP) is 2.23. The number of hydrogen-bond acceptors (Lipinski definition) is 5. The molecular weight excluding hydrogens is 346 g/mol. The molecule has 2 aromatic heterocycles. The summed E-state index contributed by atoms with van der Waals surface area (Å²) < 4.78 is 7.05. The summed E-state index contributed by atoms with van der Waals surface area (Å²) in [4.78, 5) is 31.4. The molecule has 0 aliphatic heterocycles. The van der Waals surface area contributed by atoms with E-state index < -0.39 is 6.10 Å². The summed E-state index contributed by atoms with van der Waals surface area (Å²) in [6.07, 6.45) is -0.106. The first-order valence-electron chi connectivity index (χ1n) is 8.66. The largest absolute Gasteiger partial charge is 0.481 e. The first kappa shape index (κ1) is 18.4. The number of aryl methyl sites for hydroxylation is 2. The minimum atomic E-state index is -0.718. The molecule has 3 aromatic rings. The topological polar surface area (TPSA) is 102 Å². The van der Waals surface area contributed by atoms with Crippen LogP contribution >= 0.6 is 0 Å². The molecule has 3 rings (SSSR count). The van der Waals surface area contributed by atoms with E-state index in [0.717, 1.165) is 0 Å². The lowest BCUT2D eigenvalue weighted by atomic mass is 10.3. The molecule has 1 amide bonds. The third kappa shape index (κ3) is 4.41. The van der Waals surface area contributed by atoms with Crippen molar-refractivity contribution in [3.05, 3.63) is 64.2 Å². The number of H-pyrrole nitrogens is 1. The van der Waals surface area contributed by atoms with Crippen molar-refractivity contribution in [1.82, 2.24) is 19.7 Å². The van der Waals surface area contributed by atoms with E-state index in [-0.39, 0.29) is 17.4 Å². The maximum atomic E-state index is 12.5. The highest BCUT2D eigenvalue weighted by Crippen LogP contribution is 2.16. The number of nitrogens with one attached hydrogen (secondary N) is 2. The molecule has 0 fully saturated rings. The Morgan fingerprint density at radius 2 is 2.04 bits per heavy atom. The summed E-state index contributed by atoms with van der Waals surface area (Å²) >= 11 is 0. The standard InChI is InChI=1S/C19H21N5O3/c1-4-14-11-17(25)22-19(20-14)24-16(10-12(2)23-24)21-18(26)13(3)27-15-8-6-5-7-9-15/h5-11,13H,4H2,1-3H3,(H,21,26)(H,20,22,25)/t13-/m0/s1. The molecular formula is C19H21N5O3. The van der Waals surface area contributed by atoms with Gasteiger partial charge < -0.3 is 10.1 Å². The van der Waals surface area contributed by atoms with Crippen LogP contribution in [0.1, 0.15) is 25.2 Å². The molecule has 8 heteroatoms. The lowest BCUT2D eigenvalue weighted by Gasteiger charge is -2.15. The minimum Gasteiger partial charge on any atom is -0.481 e. The number of para-hydroxylation sites is 1. The van der Waals surface area contributed by atoms with Crippen LogP contribution < -0.4 is 15.6 Å². The van der Waals surface area contributed by atoms with E-state index in [1.165, 1.54) is 10.7 Å². The Kier molecular flexibility index (Phi) is 5.35. The molecule has 0 saturated carbocycles. The molecule has 0 bridgehead atoms. The summed E-state index contributed by atoms with van der Waals surface area (Å²) in [6.45, 7) is 5.36. The highest BCUT2D eigenvalue weighted by molar-refractivity contribution is 5.93. The Labute approximate surface area is 156 Å². The Morgan fingerprint density at radius 1 is 1.30 bits per heavy atom. The van der Waals surface area contributed by atoms with Gasteiger partial charge in [-0.15, -0.1) is 0 Å². The zero-order valence-electron chi connectivity index (χ0n) is 15.4. The van der Waals surface area contributed by atoms with Crippen LogP contribution in [-0.4, -0.2) is 31.8 Å². The van der Waals surface area contributed by atoms with Crippen LogP contribution in [0.15, 0.2) is 47.3 Å². The molecule has 8 nitrogen and oxygen atoms in total. The predicted molar refractivity (Wildman–Crippen MR) is 101 cm³/mol. The maximum absolute atomic E-state index is 12.5. The highest BCUT2D eigenvalue weighted by atomic mass is 16.5. The number of ether oxygens (including phenoxy) is 1. The van der Waals surface area contributed by atoms with Crippen LogP contribution in [0.3, 0.4) is 0 Å². The van der Waals surface area contributed by atoms with Gasteiger partial charge in [-0.1, -0.05) is 25.1 Å². The molecule has 0 radical (unpaired) electrons. The second-order valence-electron chi connectivity index (χ2n) is 6.06. The van der Waals surface area contributed by atoms with Crippen LogP contribution in [0.25, 0.3) is 5.95 Å². The van der Waals surface area contributed by atoms with Crippen LogP contribution in [0.4, 0.5) is 5.82 Å². The second-order valence-corrected chi connectivity index (χ2v) is 6.06. The molecule has 2 heterocycles. The average Bonchev–Trinajstić information content (AvgIpc) is 3.02. The van der Waals surface area contributed by atoms with Gasteiger partial charge in [-0.05, 0) is 32.4 Å². The molecule has 27 heavy (non-hydrogen) atoms. The lowest BCUT2D eigenvalue weighted by Crippen LogP contribution is -2.31. The van der Waals surface area contributed by atoms with Gasteiger partial charge in [0.25, 0.3) is 11.5 Å². The normalized spacial score (nSPS) is 11.8. The van der Waals surface area contributed by atoms with Crippen molar-refractivity contribution < 1.29 is 9.53 Å². The number of rotatable bonds is 6. The van der Waals surface area contributed by atoms with E-state index in [1.807, 2.05) is 25.1 Å². The SMILES string of the molecule is CCc1cc(=O)[nH]c(-n2nc(C)cc2NC(=O)[C@H](C)Oc2ccccc2)n1. The van der Waals surface area contributed by atoms with Crippen molar-refractivity contribution in [1.29, 1.82) is 0 Å². The van der Waals surface area contributed by atoms with Crippen LogP contribution in [0.2, 0.25) is 0 Å². The first-order chi connectivity index (χ1) is 13.0. The van der Waals surface area contributed by atoms with Crippen LogP contribution in [0, 0.1) is 6.92 Å². The van der Waals surface area contributed by atoms with E-state index >= 15 is 0 Å². The van der Waals surface area contributed by atoms with Crippen molar-refractivity contribution in [2.75, 3.05) is 5.32 Å². The highest BCUT2D eigenvalue weighted by Gasteiger charge is 2.19. The number of carbonyl (C=O) groups is 1. The zero-order chi connectivity index (χ0) is 19.4. The number of nitrogens with zero attached hydrogens (tertiary/aromatic N) is 3. The number of hydrogen-bond donors (Lipinski definition) is 2. The van der Waals surface area contributed by atoms with Gasteiger partial charge in [-0.2, -0.15) is 9.78 Å². The third-order valence-electron chi connectivity index (χ3n) is 3.85. The summed E-state index contributed by atoms with van der Waals surface area (Å²) in [5.41, 5.74) is 1.04. The molecule has 0 unspecified atom stereocenters. The fourth-order valence-electron chi connectivity index (χ4n) is 2.51. The van der Waals surface area contributed by atoms with Crippen molar-refractivity contribution in [3.8, 4) is 11.7 Å². The molecule has 0 aliphatic rings. The number of aromatic nitrogens is 4. The monoisotopic (exact) mass is 367 g/mol. The maximum Gasteiger partial charge on any atom is 0.266 e. The van der Waals surface area contributed by atoms with E-state index in [2.05, 4.69) is 20.4 Å². The zero-order valence-corrected chi connectivity index (χ0v) is 15.4. The Balaban J connectivity index is 1.83. The minimum absolute atomic E-state index is 0.249. The second kappa shape index (κ2) is 7.86. The lowest BCUT2D eigenvalue weighted by molar-refractivity contribution is -0.122. The number of anilines is 1. The van der Waals surface area contributed by atoms with Gasteiger partial charge in [0.1, 0.15) is 11.6 Å². The van der Waals surface area contributed by atoms with E-state index in [4.69, 9.17) is 4.74 Å². The van der Waals surface area contributed by atoms with Crippen LogP contribution in [-0.2, 0) is 11.2 Å². The summed E-state index contributed by atoms with van der Waals surface area (Å²) in [7, 11) is 0. The van der Waals surface area contributed by atoms with E-state index in [1.54, 1.807) is 32.0 Å².